The number of rotatable bonds is 14. The van der Waals surface area contributed by atoms with Gasteiger partial charge in [-0.1, -0.05) is 12.1 Å². The van der Waals surface area contributed by atoms with E-state index in [4.69, 9.17) is 41.7 Å². The highest BCUT2D eigenvalue weighted by molar-refractivity contribution is 7.92. The summed E-state index contributed by atoms with van der Waals surface area (Å²) in [5, 5.41) is 6.77. The van der Waals surface area contributed by atoms with Crippen LogP contribution in [0.1, 0.15) is 45.2 Å². The van der Waals surface area contributed by atoms with E-state index in [-0.39, 0.29) is 64.2 Å². The second kappa shape index (κ2) is 26.9. The monoisotopic (exact) mass is 1490 g/mol. The van der Waals surface area contributed by atoms with Crippen molar-refractivity contribution >= 4 is 130 Å². The Balaban J connectivity index is 0.000000166. The molecule has 540 valence electrons. The Morgan fingerprint density at radius 3 is 1.33 bits per heavy atom. The number of alkyl halides is 2. The van der Waals surface area contributed by atoms with Crippen LogP contribution in [0.4, 0.5) is 37.7 Å². The lowest BCUT2D eigenvalue weighted by atomic mass is 9.81. The summed E-state index contributed by atoms with van der Waals surface area (Å²) in [6.45, 7) is 0.897. The first-order valence-corrected chi connectivity index (χ1v) is 38.1. The number of anilines is 2. The molecule has 1 aliphatic carbocycles. The highest BCUT2D eigenvalue weighted by atomic mass is 32.2. The molecule has 105 heavy (non-hydrogen) atoms. The zero-order chi connectivity index (χ0) is 74.6. The summed E-state index contributed by atoms with van der Waals surface area (Å²) < 4.78 is 183. The number of benzene rings is 6. The molecule has 22 nitrogen and oxygen atoms in total. The van der Waals surface area contributed by atoms with E-state index in [9.17, 15) is 44.0 Å². The van der Waals surface area contributed by atoms with Gasteiger partial charge in [-0.25, -0.2) is 71.5 Å². The van der Waals surface area contributed by atoms with E-state index in [1.807, 2.05) is 13.7 Å². The molecule has 1 saturated carbocycles. The van der Waals surface area contributed by atoms with E-state index in [1.165, 1.54) is 101 Å². The molecule has 2 fully saturated rings. The van der Waals surface area contributed by atoms with Crippen LogP contribution in [0, 0.1) is 29.2 Å². The lowest BCUT2D eigenvalue weighted by Crippen LogP contribution is -2.47. The minimum Gasteiger partial charge on any atom is -0.748 e. The summed E-state index contributed by atoms with van der Waals surface area (Å²) in [6, 6.07) is 37.2. The van der Waals surface area contributed by atoms with Gasteiger partial charge < -0.3 is 24.0 Å². The van der Waals surface area contributed by atoms with Gasteiger partial charge in [-0.2, -0.15) is 0 Å². The van der Waals surface area contributed by atoms with Crippen LogP contribution in [0.25, 0.3) is 122 Å². The number of carbonyl (C=O) groups excluding carboxylic acids is 2. The number of hydrogen-bond acceptors (Lipinski definition) is 16. The maximum Gasteiger partial charge on any atom is 0.255 e. The van der Waals surface area contributed by atoms with E-state index in [0.717, 1.165) is 21.1 Å². The van der Waals surface area contributed by atoms with Gasteiger partial charge in [-0.05, 0) is 140 Å². The maximum absolute atomic E-state index is 15.1. The first-order valence-electron chi connectivity index (χ1n) is 32.6. The quantitative estimate of drug-likeness (QED) is 0.0756. The second-order valence-corrected chi connectivity index (χ2v) is 31.3. The molecule has 14 aromatic rings. The smallest absolute Gasteiger partial charge is 0.255 e. The molecule has 2 N–H and O–H groups in total. The fraction of sp³-hybridized carbons (Fsp3) is 0.216. The molecule has 1 saturated heterocycles. The molecular weight excluding hydrogens is 1430 g/mol. The summed E-state index contributed by atoms with van der Waals surface area (Å²) in [5.74, 6) is -0.945. The fourth-order valence-electron chi connectivity index (χ4n) is 13.5. The molecule has 8 aromatic heterocycles. The van der Waals surface area contributed by atoms with Crippen molar-refractivity contribution in [2.75, 3.05) is 68.7 Å². The normalized spacial score (nSPS) is 15.1. The van der Waals surface area contributed by atoms with E-state index in [2.05, 4.69) is 10.6 Å². The first-order chi connectivity index (χ1) is 49.8. The number of nitrogens with zero attached hydrogens (tertiary/aromatic N) is 9. The Kier molecular flexibility index (Phi) is 18.2. The van der Waals surface area contributed by atoms with Crippen molar-refractivity contribution in [1.82, 2.24) is 44.3 Å². The Bertz CT molecular complexity index is 5910. The Morgan fingerprint density at radius 1 is 0.533 bits per heavy atom. The number of aromatic nitrogens is 6. The predicted octanol–water partition coefficient (Wildman–Crippen LogP) is 12.9. The van der Waals surface area contributed by atoms with Crippen molar-refractivity contribution in [2.24, 2.45) is 5.92 Å². The number of furan rings is 2. The average molecular weight is 1490 g/mol. The van der Waals surface area contributed by atoms with Gasteiger partial charge in [0.15, 0.2) is 0 Å². The first kappa shape index (κ1) is 71.0. The summed E-state index contributed by atoms with van der Waals surface area (Å²) in [4.78, 5) is 48.4. The largest absolute Gasteiger partial charge is 0.748 e. The molecule has 0 unspecified atom stereocenters. The van der Waals surface area contributed by atoms with Crippen molar-refractivity contribution in [1.29, 1.82) is 0 Å². The lowest BCUT2D eigenvalue weighted by Gasteiger charge is -2.34. The molecule has 0 radical (unpaired) electrons. The van der Waals surface area contributed by atoms with E-state index in [1.54, 1.807) is 72.8 Å². The maximum atomic E-state index is 15.1. The van der Waals surface area contributed by atoms with Crippen LogP contribution in [0.3, 0.4) is 0 Å². The number of sulfonamides is 2. The van der Waals surface area contributed by atoms with Gasteiger partial charge in [-0.3, -0.25) is 31.9 Å². The highest BCUT2D eigenvalue weighted by Gasteiger charge is 2.34. The topological polar surface area (TPSA) is 280 Å². The van der Waals surface area contributed by atoms with Gasteiger partial charge in [0.05, 0.1) is 96.2 Å². The SMILES string of the molecule is CNC(=O)c1c(-c2ccc(F)cc2)oc2cc(N(C)S(C)(=O)=O)c(-c3ccc4nc(CC5CC(F)C5)n5c6cccc(F)c6cc5c4n3)cc12.CNC(=O)c1c(-c2ccc(F)cc2)oc2cc(N(C)S(C)(=O)=O)c(-c3ccc4nc(CN5CC(F)C5)n5c6cccc(F)c6cc5c4n3)cc12.CS(=O)(=O)[O-]. The van der Waals surface area contributed by atoms with Crippen molar-refractivity contribution in [3.8, 4) is 45.2 Å². The van der Waals surface area contributed by atoms with Gasteiger partial charge in [0.2, 0.25) is 20.0 Å². The summed E-state index contributed by atoms with van der Waals surface area (Å²) in [6.07, 6.45) is 2.40. The summed E-state index contributed by atoms with van der Waals surface area (Å²) >= 11 is 0. The highest BCUT2D eigenvalue weighted by Crippen LogP contribution is 2.45. The Morgan fingerprint density at radius 2 is 0.943 bits per heavy atom. The zero-order valence-corrected chi connectivity index (χ0v) is 59.3. The zero-order valence-electron chi connectivity index (χ0n) is 56.8. The third-order valence-electron chi connectivity index (χ3n) is 18.7. The molecule has 0 bridgehead atoms. The van der Waals surface area contributed by atoms with Gasteiger partial charge in [0.1, 0.15) is 81.0 Å². The van der Waals surface area contributed by atoms with Crippen molar-refractivity contribution < 1.29 is 74.6 Å². The number of likely N-dealkylation sites (tertiary alicyclic amines) is 1. The molecule has 0 spiro atoms. The predicted molar refractivity (Wildman–Crippen MR) is 388 cm³/mol. The molecule has 6 aromatic carbocycles. The van der Waals surface area contributed by atoms with E-state index >= 15 is 8.78 Å². The van der Waals surface area contributed by atoms with Gasteiger partial charge in [0.25, 0.3) is 11.8 Å². The van der Waals surface area contributed by atoms with Crippen molar-refractivity contribution in [2.45, 2.75) is 38.2 Å². The standard InChI is InChI=1S/C37H30F3N5O4S.C36H29F3N6O4S.CH4O3S/c1-41-37(46)34-25-16-24(30(44(2)50(3,47)48)18-32(25)49-36(34)20-7-9-21(38)10-8-20)27-11-12-28-35(43-27)31-17-23-26(40)5-4-6-29(23)45(31)33(42-28)15-19-13-22(39)14-19;1-40-36(46)33-24-13-23(29(43(2)50(3,47)48)15-31(24)49-35(33)19-7-9-20(37)10-8-19)26-11-12-27-34(42-26)30-14-22-25(39)5-4-6-28(22)45(30)32(41-27)18-44-16-21(38)17-44;1-5(2,3)4/h4-12,16-19,22H,13-15H2,1-3H3,(H,41,46);4-15,21H,16-18H2,1-3H3,(H,40,46);1H3,(H,2,3,4)/p-1. The average Bonchev–Trinajstić information content (AvgIpc) is 1.63. The van der Waals surface area contributed by atoms with Gasteiger partial charge in [0, 0.05) is 110 Å². The van der Waals surface area contributed by atoms with Gasteiger partial charge >= 0.3 is 0 Å². The number of halogens is 6. The number of carbonyl (C=O) groups is 2. The molecule has 9 heterocycles. The van der Waals surface area contributed by atoms with Crippen LogP contribution < -0.4 is 19.2 Å². The van der Waals surface area contributed by atoms with Gasteiger partial charge in [-0.15, -0.1) is 0 Å². The fourth-order valence-corrected chi connectivity index (χ4v) is 14.5. The molecular formula is C74H62F6N11O11S3-. The number of hydrogen-bond donors (Lipinski definition) is 2. The van der Waals surface area contributed by atoms with Crippen LogP contribution in [0.15, 0.2) is 154 Å². The van der Waals surface area contributed by atoms with Crippen LogP contribution in [0.2, 0.25) is 0 Å². The number of amides is 2. The molecule has 1 aliphatic heterocycles. The third-order valence-corrected chi connectivity index (χ3v) is 21.1. The number of pyridine rings is 2. The molecule has 16 rings (SSSR count). The third kappa shape index (κ3) is 13.5. The molecule has 2 aliphatic rings. The van der Waals surface area contributed by atoms with Crippen LogP contribution in [-0.2, 0) is 43.1 Å². The van der Waals surface area contributed by atoms with Crippen LogP contribution in [-0.4, -0.2) is 148 Å². The number of fused-ring (bicyclic) bond motifs is 12. The second-order valence-electron chi connectivity index (χ2n) is 25.9. The number of nitrogens with one attached hydrogen (secondary N) is 2. The Hall–Kier alpha value is -11.0. The summed E-state index contributed by atoms with van der Waals surface area (Å²) in [5.41, 5.74) is 7.84. The van der Waals surface area contributed by atoms with Crippen LogP contribution >= 0.6 is 0 Å². The van der Waals surface area contributed by atoms with Crippen LogP contribution in [0.5, 0.6) is 0 Å². The minimum atomic E-state index is -3.92. The van der Waals surface area contributed by atoms with E-state index < -0.39 is 77.6 Å². The lowest BCUT2D eigenvalue weighted by molar-refractivity contribution is 0.0567. The molecule has 31 heteroatoms. The minimum absolute atomic E-state index is 0.112. The van der Waals surface area contributed by atoms with Crippen molar-refractivity contribution in [3.63, 3.8) is 0 Å². The molecule has 2 amide bonds. The summed E-state index contributed by atoms with van der Waals surface area (Å²) in [7, 11) is -5.76. The molecule has 0 atom stereocenters. The Labute approximate surface area is 595 Å². The van der Waals surface area contributed by atoms with E-state index in [0.29, 0.717) is 143 Å². The van der Waals surface area contributed by atoms with Crippen molar-refractivity contribution in [3.05, 3.63) is 192 Å².